The average molecular weight is 283 g/mol. The molecule has 0 aromatic carbocycles. The lowest BCUT2D eigenvalue weighted by Gasteiger charge is -2.40. The Balaban J connectivity index is 1.85. The Morgan fingerprint density at radius 1 is 1.42 bits per heavy atom. The van der Waals surface area contributed by atoms with E-state index >= 15 is 0 Å². The minimum absolute atomic E-state index is 0.557. The third-order valence-corrected chi connectivity index (χ3v) is 4.78. The summed E-state index contributed by atoms with van der Waals surface area (Å²) in [5, 5.41) is 4.80. The van der Waals surface area contributed by atoms with Crippen molar-refractivity contribution in [3.05, 3.63) is 18.3 Å². The van der Waals surface area contributed by atoms with E-state index in [1.165, 1.54) is 10.7 Å². The molecule has 1 aromatic heterocycles. The van der Waals surface area contributed by atoms with E-state index in [-0.39, 0.29) is 0 Å². The van der Waals surface area contributed by atoms with Crippen LogP contribution in [0.1, 0.15) is 0 Å². The first-order chi connectivity index (χ1) is 8.99. The summed E-state index contributed by atoms with van der Waals surface area (Å²) in [5.74, 6) is 0. The zero-order chi connectivity index (χ0) is 13.9. The maximum Gasteiger partial charge on any atom is 0.0803 e. The lowest BCUT2D eigenvalue weighted by molar-refractivity contribution is 0.102. The van der Waals surface area contributed by atoms with Crippen LogP contribution in [0.15, 0.2) is 23.4 Å². The summed E-state index contributed by atoms with van der Waals surface area (Å²) < 4.78 is 5.09. The standard InChI is InChI=1S/C14H25N3OS/c1-18-8-7-17-10-13(11-17)16-12-5-6-15-14(9-12)19(2,3)4/h5-6,9,13H,7-8,10-11H2,1-4H3,(H,15,16). The Kier molecular flexibility index (Phi) is 4.71. The molecule has 4 nitrogen and oxygen atoms in total. The van der Waals surface area contributed by atoms with Gasteiger partial charge in [0.1, 0.15) is 0 Å². The van der Waals surface area contributed by atoms with Crippen molar-refractivity contribution in [1.82, 2.24) is 9.88 Å². The maximum absolute atomic E-state index is 5.09. The second kappa shape index (κ2) is 6.11. The topological polar surface area (TPSA) is 37.4 Å². The molecule has 2 rings (SSSR count). The predicted octanol–water partition coefficient (Wildman–Crippen LogP) is 1.88. The van der Waals surface area contributed by atoms with Gasteiger partial charge in [-0.3, -0.25) is 9.88 Å². The highest BCUT2D eigenvalue weighted by Gasteiger charge is 2.26. The lowest BCUT2D eigenvalue weighted by Crippen LogP contribution is -2.55. The third-order valence-electron chi connectivity index (χ3n) is 3.30. The van der Waals surface area contributed by atoms with Crippen LogP contribution in [0.4, 0.5) is 5.69 Å². The Morgan fingerprint density at radius 2 is 2.16 bits per heavy atom. The van der Waals surface area contributed by atoms with E-state index in [1.54, 1.807) is 7.11 Å². The highest BCUT2D eigenvalue weighted by molar-refractivity contribution is 8.32. The molecule has 0 radical (unpaired) electrons. The van der Waals surface area contributed by atoms with E-state index in [4.69, 9.17) is 4.74 Å². The normalized spacial score (nSPS) is 18.1. The molecule has 1 aliphatic rings. The molecule has 1 aromatic rings. The van der Waals surface area contributed by atoms with Gasteiger partial charge in [0.2, 0.25) is 0 Å². The van der Waals surface area contributed by atoms with Crippen LogP contribution in [0.5, 0.6) is 0 Å². The molecular formula is C14H25N3OS. The Morgan fingerprint density at radius 3 is 2.79 bits per heavy atom. The molecule has 5 heteroatoms. The van der Waals surface area contributed by atoms with Crippen molar-refractivity contribution in [2.45, 2.75) is 11.1 Å². The van der Waals surface area contributed by atoms with Crippen LogP contribution in [0.25, 0.3) is 0 Å². The number of anilines is 1. The molecule has 1 saturated heterocycles. The molecule has 0 spiro atoms. The van der Waals surface area contributed by atoms with Gasteiger partial charge in [-0.2, -0.15) is 0 Å². The van der Waals surface area contributed by atoms with Gasteiger partial charge in [0.05, 0.1) is 17.7 Å². The lowest BCUT2D eigenvalue weighted by atomic mass is 10.1. The highest BCUT2D eigenvalue weighted by atomic mass is 32.3. The van der Waals surface area contributed by atoms with E-state index in [0.717, 1.165) is 26.2 Å². The molecule has 0 unspecified atom stereocenters. The molecule has 1 fully saturated rings. The second-order valence-electron chi connectivity index (χ2n) is 5.81. The SMILES string of the molecule is COCCN1CC(Nc2ccnc(S(C)(C)C)c2)C1. The van der Waals surface area contributed by atoms with Crippen molar-refractivity contribution in [3.63, 3.8) is 0 Å². The van der Waals surface area contributed by atoms with Gasteiger partial charge in [0.15, 0.2) is 0 Å². The fraction of sp³-hybridized carbons (Fsp3) is 0.643. The molecule has 1 N–H and O–H groups in total. The van der Waals surface area contributed by atoms with E-state index in [2.05, 4.69) is 46.1 Å². The molecule has 0 amide bonds. The van der Waals surface area contributed by atoms with Gasteiger partial charge in [0, 0.05) is 38.6 Å². The molecular weight excluding hydrogens is 258 g/mol. The number of nitrogens with zero attached hydrogens (tertiary/aromatic N) is 2. The van der Waals surface area contributed by atoms with Crippen LogP contribution in [0, 0.1) is 0 Å². The van der Waals surface area contributed by atoms with E-state index in [1.807, 2.05) is 6.20 Å². The number of pyridine rings is 1. The van der Waals surface area contributed by atoms with E-state index < -0.39 is 10.0 Å². The van der Waals surface area contributed by atoms with Crippen molar-refractivity contribution >= 4 is 15.7 Å². The summed E-state index contributed by atoms with van der Waals surface area (Å²) in [4.78, 5) is 6.89. The second-order valence-corrected chi connectivity index (χ2v) is 9.91. The monoisotopic (exact) mass is 283 g/mol. The Hall–Kier alpha value is -0.780. The number of aromatic nitrogens is 1. The number of methoxy groups -OCH3 is 1. The van der Waals surface area contributed by atoms with E-state index in [9.17, 15) is 0 Å². The summed E-state index contributed by atoms with van der Waals surface area (Å²) in [6.07, 6.45) is 8.73. The van der Waals surface area contributed by atoms with Gasteiger partial charge in [-0.25, -0.2) is 10.0 Å². The number of nitrogens with one attached hydrogen (secondary N) is 1. The fourth-order valence-corrected chi connectivity index (χ4v) is 2.99. The number of hydrogen-bond acceptors (Lipinski definition) is 4. The van der Waals surface area contributed by atoms with Gasteiger partial charge >= 0.3 is 0 Å². The first-order valence-electron chi connectivity index (χ1n) is 6.61. The van der Waals surface area contributed by atoms with Crippen LogP contribution in [0.2, 0.25) is 0 Å². The summed E-state index contributed by atoms with van der Waals surface area (Å²) >= 11 is 0. The average Bonchev–Trinajstić information content (AvgIpc) is 2.31. The summed E-state index contributed by atoms with van der Waals surface area (Å²) in [7, 11) is 1.00. The van der Waals surface area contributed by atoms with Crippen LogP contribution in [0.3, 0.4) is 0 Å². The molecule has 0 atom stereocenters. The van der Waals surface area contributed by atoms with Gasteiger partial charge in [-0.1, -0.05) is 0 Å². The quantitative estimate of drug-likeness (QED) is 0.865. The maximum atomic E-state index is 5.09. The molecule has 0 saturated carbocycles. The Labute approximate surface area is 117 Å². The van der Waals surface area contributed by atoms with E-state index in [0.29, 0.717) is 6.04 Å². The molecule has 0 aliphatic carbocycles. The predicted molar refractivity (Wildman–Crippen MR) is 83.6 cm³/mol. The highest BCUT2D eigenvalue weighted by Crippen LogP contribution is 2.44. The van der Waals surface area contributed by atoms with Gasteiger partial charge in [-0.05, 0) is 30.9 Å². The summed E-state index contributed by atoms with van der Waals surface area (Å²) in [6, 6.07) is 4.82. The fourth-order valence-electron chi connectivity index (χ4n) is 2.13. The first-order valence-corrected chi connectivity index (χ1v) is 9.47. The first kappa shape index (κ1) is 14.6. The third kappa shape index (κ3) is 4.09. The van der Waals surface area contributed by atoms with Crippen LogP contribution in [-0.4, -0.2) is 68.0 Å². The number of rotatable bonds is 6. The van der Waals surface area contributed by atoms with Crippen LogP contribution < -0.4 is 5.32 Å². The number of ether oxygens (including phenoxy) is 1. The molecule has 0 bridgehead atoms. The smallest absolute Gasteiger partial charge is 0.0803 e. The van der Waals surface area contributed by atoms with Gasteiger partial charge in [-0.15, -0.1) is 0 Å². The number of hydrogen-bond donors (Lipinski definition) is 1. The number of likely N-dealkylation sites (tertiary alicyclic amines) is 1. The molecule has 108 valence electrons. The molecule has 19 heavy (non-hydrogen) atoms. The van der Waals surface area contributed by atoms with Crippen molar-refractivity contribution in [3.8, 4) is 0 Å². The van der Waals surface area contributed by atoms with Crippen molar-refractivity contribution in [1.29, 1.82) is 0 Å². The van der Waals surface area contributed by atoms with Crippen LogP contribution in [-0.2, 0) is 4.74 Å². The van der Waals surface area contributed by atoms with Gasteiger partial charge in [0.25, 0.3) is 0 Å². The Bertz CT molecular complexity index is 413. The van der Waals surface area contributed by atoms with Crippen molar-refractivity contribution in [2.75, 3.05) is 57.4 Å². The zero-order valence-corrected chi connectivity index (χ0v) is 13.2. The molecule has 2 heterocycles. The van der Waals surface area contributed by atoms with Crippen molar-refractivity contribution in [2.24, 2.45) is 0 Å². The van der Waals surface area contributed by atoms with Gasteiger partial charge < -0.3 is 10.1 Å². The summed E-state index contributed by atoms with van der Waals surface area (Å²) in [5.41, 5.74) is 1.20. The summed E-state index contributed by atoms with van der Waals surface area (Å²) in [6.45, 7) is 4.05. The zero-order valence-electron chi connectivity index (χ0n) is 12.3. The minimum Gasteiger partial charge on any atom is -0.383 e. The molecule has 1 aliphatic heterocycles. The van der Waals surface area contributed by atoms with Crippen LogP contribution >= 0.6 is 10.0 Å². The largest absolute Gasteiger partial charge is 0.383 e. The minimum atomic E-state index is -0.751. The van der Waals surface area contributed by atoms with Crippen molar-refractivity contribution < 1.29 is 4.74 Å².